The second-order valence-corrected chi connectivity index (χ2v) is 5.61. The summed E-state index contributed by atoms with van der Waals surface area (Å²) in [6.07, 6.45) is 1.58. The number of hydrogen-bond donors (Lipinski definition) is 2. The minimum Gasteiger partial charge on any atom is -0.476 e. The van der Waals surface area contributed by atoms with E-state index >= 15 is 0 Å². The number of fused-ring (bicyclic) bond motifs is 3. The average Bonchev–Trinajstić information content (AvgIpc) is 3.00. The molecule has 0 amide bonds. The molecule has 1 aliphatic carbocycles. The Hall–Kier alpha value is -2.63. The molecule has 1 unspecified atom stereocenters. The first-order valence-corrected chi connectivity index (χ1v) is 7.03. The molecule has 6 nitrogen and oxygen atoms in total. The van der Waals surface area contributed by atoms with Crippen LogP contribution in [-0.4, -0.2) is 32.3 Å². The zero-order valence-electron chi connectivity index (χ0n) is 12.3. The maximum absolute atomic E-state index is 11.8. The fourth-order valence-electron chi connectivity index (χ4n) is 3.44. The molecule has 2 N–H and O–H groups in total. The maximum atomic E-state index is 11.8. The van der Waals surface area contributed by atoms with E-state index in [1.165, 1.54) is 0 Å². The summed E-state index contributed by atoms with van der Waals surface area (Å²) in [4.78, 5) is 22.9. The van der Waals surface area contributed by atoms with Gasteiger partial charge in [-0.3, -0.25) is 4.79 Å². The molecule has 0 saturated heterocycles. The first-order valence-electron chi connectivity index (χ1n) is 7.03. The number of aromatic nitrogens is 1. The number of aliphatic carboxylic acids is 1. The SMILES string of the molecule is CC(=O)C1CCc2c1n(C)c1ccc(C(=NO)C(=O)O)cc21. The number of nitrogens with zero attached hydrogens (tertiary/aromatic N) is 2. The number of ketones is 1. The number of Topliss-reactive ketones (excluding diaryl/α,β-unsaturated/α-hetero) is 1. The lowest BCUT2D eigenvalue weighted by Gasteiger charge is -2.09. The third-order valence-corrected chi connectivity index (χ3v) is 4.43. The Morgan fingerprint density at radius 2 is 2.09 bits per heavy atom. The van der Waals surface area contributed by atoms with Gasteiger partial charge >= 0.3 is 5.97 Å². The lowest BCUT2D eigenvalue weighted by atomic mass is 10.0. The molecular weight excluding hydrogens is 284 g/mol. The molecule has 1 heterocycles. The van der Waals surface area contributed by atoms with E-state index < -0.39 is 5.97 Å². The third kappa shape index (κ3) is 1.91. The lowest BCUT2D eigenvalue weighted by Crippen LogP contribution is -2.14. The summed E-state index contributed by atoms with van der Waals surface area (Å²) in [7, 11) is 1.92. The van der Waals surface area contributed by atoms with Gasteiger partial charge in [0.25, 0.3) is 0 Å². The molecule has 0 saturated carbocycles. The summed E-state index contributed by atoms with van der Waals surface area (Å²) in [5.41, 5.74) is 3.00. The third-order valence-electron chi connectivity index (χ3n) is 4.43. The van der Waals surface area contributed by atoms with Crippen LogP contribution >= 0.6 is 0 Å². The van der Waals surface area contributed by atoms with Gasteiger partial charge in [0, 0.05) is 29.2 Å². The Morgan fingerprint density at radius 3 is 2.68 bits per heavy atom. The molecular formula is C16H16N2O4. The van der Waals surface area contributed by atoms with Gasteiger partial charge in [-0.05, 0) is 37.5 Å². The predicted molar refractivity (Wildman–Crippen MR) is 80.6 cm³/mol. The standard InChI is InChI=1S/C16H16N2O4/c1-8(19)10-4-5-11-12-7-9(14(17-22)16(20)21)3-6-13(12)18(2)15(10)11/h3,6-7,10,22H,4-5H2,1-2H3,(H,20,21). The van der Waals surface area contributed by atoms with Crippen LogP contribution in [0.1, 0.15) is 36.1 Å². The van der Waals surface area contributed by atoms with Gasteiger partial charge in [-0.15, -0.1) is 0 Å². The number of rotatable bonds is 3. The molecule has 0 fully saturated rings. The summed E-state index contributed by atoms with van der Waals surface area (Å²) < 4.78 is 2.00. The van der Waals surface area contributed by atoms with Crippen LogP contribution in [0.25, 0.3) is 10.9 Å². The van der Waals surface area contributed by atoms with Gasteiger partial charge in [-0.1, -0.05) is 11.2 Å². The molecule has 0 aliphatic heterocycles. The van der Waals surface area contributed by atoms with Crippen molar-refractivity contribution in [2.75, 3.05) is 0 Å². The summed E-state index contributed by atoms with van der Waals surface area (Å²) in [6, 6.07) is 5.14. The molecule has 1 aliphatic rings. The normalized spacial score (nSPS) is 17.7. The topological polar surface area (TPSA) is 91.9 Å². The van der Waals surface area contributed by atoms with Crippen molar-refractivity contribution < 1.29 is 19.9 Å². The number of carboxylic acids is 1. The van der Waals surface area contributed by atoms with Crippen LogP contribution in [0.15, 0.2) is 23.4 Å². The molecule has 2 aromatic rings. The van der Waals surface area contributed by atoms with E-state index in [0.29, 0.717) is 5.56 Å². The van der Waals surface area contributed by atoms with Gasteiger partial charge in [-0.2, -0.15) is 0 Å². The van der Waals surface area contributed by atoms with Crippen molar-refractivity contribution in [1.82, 2.24) is 4.57 Å². The maximum Gasteiger partial charge on any atom is 0.358 e. The molecule has 1 atom stereocenters. The number of oxime groups is 1. The van der Waals surface area contributed by atoms with E-state index in [4.69, 9.17) is 10.3 Å². The van der Waals surface area contributed by atoms with Crippen LogP contribution in [0.5, 0.6) is 0 Å². The van der Waals surface area contributed by atoms with Gasteiger partial charge in [-0.25, -0.2) is 4.79 Å². The van der Waals surface area contributed by atoms with Crippen LogP contribution in [0, 0.1) is 0 Å². The first-order chi connectivity index (χ1) is 10.5. The summed E-state index contributed by atoms with van der Waals surface area (Å²) in [6.45, 7) is 1.60. The predicted octanol–water partition coefficient (Wildman–Crippen LogP) is 2.06. The van der Waals surface area contributed by atoms with Crippen LogP contribution < -0.4 is 0 Å². The van der Waals surface area contributed by atoms with Gasteiger partial charge in [0.05, 0.1) is 5.92 Å². The number of carbonyl (C=O) groups excluding carboxylic acids is 1. The highest BCUT2D eigenvalue weighted by Gasteiger charge is 2.31. The molecule has 1 aromatic carbocycles. The van der Waals surface area contributed by atoms with Crippen molar-refractivity contribution in [2.45, 2.75) is 25.7 Å². The van der Waals surface area contributed by atoms with E-state index in [2.05, 4.69) is 5.16 Å². The number of aryl methyl sites for hydroxylation is 2. The number of benzene rings is 1. The Bertz CT molecular complexity index is 832. The van der Waals surface area contributed by atoms with E-state index in [9.17, 15) is 9.59 Å². The Kier molecular flexibility index (Phi) is 3.24. The Balaban J connectivity index is 2.23. The van der Waals surface area contributed by atoms with Crippen molar-refractivity contribution >= 4 is 28.4 Å². The van der Waals surface area contributed by atoms with Crippen LogP contribution in [0.3, 0.4) is 0 Å². The highest BCUT2D eigenvalue weighted by Crippen LogP contribution is 2.40. The van der Waals surface area contributed by atoms with Crippen LogP contribution in [-0.2, 0) is 23.1 Å². The van der Waals surface area contributed by atoms with Crippen molar-refractivity contribution in [3.8, 4) is 0 Å². The number of carboxylic acid groups (broad SMARTS) is 1. The molecule has 0 bridgehead atoms. The Labute approximate surface area is 126 Å². The largest absolute Gasteiger partial charge is 0.476 e. The zero-order valence-corrected chi connectivity index (χ0v) is 12.3. The highest BCUT2D eigenvalue weighted by molar-refractivity contribution is 6.42. The number of hydrogen-bond acceptors (Lipinski definition) is 4. The second kappa shape index (κ2) is 4.98. The highest BCUT2D eigenvalue weighted by atomic mass is 16.4. The molecule has 0 spiro atoms. The summed E-state index contributed by atoms with van der Waals surface area (Å²) in [5.74, 6) is -1.23. The number of carbonyl (C=O) groups is 2. The monoisotopic (exact) mass is 300 g/mol. The van der Waals surface area contributed by atoms with Crippen molar-refractivity contribution in [1.29, 1.82) is 0 Å². The van der Waals surface area contributed by atoms with Crippen molar-refractivity contribution in [2.24, 2.45) is 12.2 Å². The lowest BCUT2D eigenvalue weighted by molar-refractivity contribution is -0.129. The minimum absolute atomic E-state index is 0.0960. The van der Waals surface area contributed by atoms with Crippen molar-refractivity contribution in [3.05, 3.63) is 35.0 Å². The molecule has 114 valence electrons. The first kappa shape index (κ1) is 14.3. The Morgan fingerprint density at radius 1 is 1.36 bits per heavy atom. The molecule has 0 radical (unpaired) electrons. The van der Waals surface area contributed by atoms with Crippen LogP contribution in [0.2, 0.25) is 0 Å². The van der Waals surface area contributed by atoms with Crippen molar-refractivity contribution in [3.63, 3.8) is 0 Å². The average molecular weight is 300 g/mol. The minimum atomic E-state index is -1.28. The van der Waals surface area contributed by atoms with Gasteiger partial charge in [0.1, 0.15) is 5.78 Å². The summed E-state index contributed by atoms with van der Waals surface area (Å²) >= 11 is 0. The quantitative estimate of drug-likeness (QED) is 0.515. The van der Waals surface area contributed by atoms with E-state index in [0.717, 1.165) is 35.0 Å². The molecule has 22 heavy (non-hydrogen) atoms. The van der Waals surface area contributed by atoms with Gasteiger partial charge in [0.2, 0.25) is 0 Å². The smallest absolute Gasteiger partial charge is 0.358 e. The van der Waals surface area contributed by atoms with Gasteiger partial charge in [0.15, 0.2) is 5.71 Å². The second-order valence-electron chi connectivity index (χ2n) is 5.61. The fraction of sp³-hybridized carbons (Fsp3) is 0.312. The molecule has 6 heteroatoms. The van der Waals surface area contributed by atoms with E-state index in [1.54, 1.807) is 25.1 Å². The van der Waals surface area contributed by atoms with E-state index in [1.807, 2.05) is 11.6 Å². The van der Waals surface area contributed by atoms with E-state index in [-0.39, 0.29) is 17.4 Å². The fourth-order valence-corrected chi connectivity index (χ4v) is 3.44. The van der Waals surface area contributed by atoms with Gasteiger partial charge < -0.3 is 14.9 Å². The molecule has 3 rings (SSSR count). The zero-order chi connectivity index (χ0) is 16.0. The molecule has 1 aromatic heterocycles. The summed E-state index contributed by atoms with van der Waals surface area (Å²) in [5, 5.41) is 21.7. The van der Waals surface area contributed by atoms with Crippen LogP contribution in [0.4, 0.5) is 0 Å².